The molecule has 3 heterocycles. The summed E-state index contributed by atoms with van der Waals surface area (Å²) < 4.78 is 2.03. The van der Waals surface area contributed by atoms with Crippen LogP contribution in [0.25, 0.3) is 10.9 Å². The average molecular weight is 408 g/mol. The molecule has 1 aliphatic heterocycles. The minimum atomic E-state index is -0.117. The number of aromatic nitrogens is 3. The van der Waals surface area contributed by atoms with E-state index in [1.165, 1.54) is 5.56 Å². The number of carbonyl (C=O) groups is 1. The third kappa shape index (κ3) is 4.07. The summed E-state index contributed by atoms with van der Waals surface area (Å²) >= 11 is 0. The Hall–Kier alpha value is -2.44. The third-order valence-corrected chi connectivity index (χ3v) is 6.20. The van der Waals surface area contributed by atoms with Crippen molar-refractivity contribution in [3.8, 4) is 0 Å². The number of para-hydroxylation sites is 1. The van der Waals surface area contributed by atoms with Gasteiger partial charge in [0.2, 0.25) is 0 Å². The van der Waals surface area contributed by atoms with Gasteiger partial charge >= 0.3 is 0 Å². The molecule has 1 aromatic carbocycles. The summed E-state index contributed by atoms with van der Waals surface area (Å²) in [6, 6.07) is 7.95. The Kier molecular flexibility index (Phi) is 5.55. The average Bonchev–Trinajstić information content (AvgIpc) is 3.31. The van der Waals surface area contributed by atoms with Gasteiger partial charge in [-0.15, -0.1) is 0 Å². The molecule has 0 amide bonds. The number of hydrogen-bond donors (Lipinski definition) is 1. The molecule has 4 rings (SSSR count). The number of rotatable bonds is 5. The lowest BCUT2D eigenvalue weighted by atomic mass is 10.0. The van der Waals surface area contributed by atoms with Gasteiger partial charge in [-0.25, -0.2) is 0 Å². The molecular formula is C24H33N5O. The van der Waals surface area contributed by atoms with E-state index in [2.05, 4.69) is 46.9 Å². The second kappa shape index (κ2) is 8.00. The molecule has 30 heavy (non-hydrogen) atoms. The normalized spacial score (nSPS) is 17.5. The van der Waals surface area contributed by atoms with E-state index < -0.39 is 0 Å². The third-order valence-electron chi connectivity index (χ3n) is 6.20. The predicted octanol–water partition coefficient (Wildman–Crippen LogP) is 3.82. The molecule has 1 unspecified atom stereocenters. The first-order chi connectivity index (χ1) is 14.2. The molecule has 1 fully saturated rings. The number of aryl methyl sites for hydroxylation is 1. The van der Waals surface area contributed by atoms with Crippen molar-refractivity contribution in [1.82, 2.24) is 24.6 Å². The van der Waals surface area contributed by atoms with E-state index in [1.54, 1.807) is 0 Å². The summed E-state index contributed by atoms with van der Waals surface area (Å²) in [5.74, 6) is 0.213. The number of fused-ring (bicyclic) bond motifs is 1. The van der Waals surface area contributed by atoms with Crippen LogP contribution < -0.4 is 0 Å². The quantitative estimate of drug-likeness (QED) is 0.654. The van der Waals surface area contributed by atoms with Gasteiger partial charge < -0.3 is 4.98 Å². The summed E-state index contributed by atoms with van der Waals surface area (Å²) in [5, 5.41) is 5.54. The minimum absolute atomic E-state index is 0.00721. The summed E-state index contributed by atoms with van der Waals surface area (Å²) in [5.41, 5.74) is 4.09. The lowest BCUT2D eigenvalue weighted by Gasteiger charge is -2.37. The Morgan fingerprint density at radius 3 is 2.53 bits per heavy atom. The number of benzene rings is 1. The van der Waals surface area contributed by atoms with Crippen LogP contribution in [-0.2, 0) is 12.1 Å². The van der Waals surface area contributed by atoms with Gasteiger partial charge in [0.1, 0.15) is 0 Å². The maximum absolute atomic E-state index is 13.3. The number of nitrogens with zero attached hydrogens (tertiary/aromatic N) is 4. The van der Waals surface area contributed by atoms with Gasteiger partial charge in [-0.05, 0) is 40.7 Å². The molecule has 2 aromatic heterocycles. The van der Waals surface area contributed by atoms with Crippen LogP contribution in [0.5, 0.6) is 0 Å². The number of H-pyrrole nitrogens is 1. The highest BCUT2D eigenvalue weighted by Gasteiger charge is 2.29. The van der Waals surface area contributed by atoms with Crippen molar-refractivity contribution < 1.29 is 4.79 Å². The fraction of sp³-hybridized carbons (Fsp3) is 0.500. The van der Waals surface area contributed by atoms with Crippen molar-refractivity contribution in [1.29, 1.82) is 0 Å². The molecule has 6 heteroatoms. The van der Waals surface area contributed by atoms with Crippen LogP contribution >= 0.6 is 0 Å². The molecule has 3 aromatic rings. The zero-order chi connectivity index (χ0) is 21.5. The summed E-state index contributed by atoms with van der Waals surface area (Å²) in [4.78, 5) is 21.5. The van der Waals surface area contributed by atoms with Crippen LogP contribution in [0.1, 0.15) is 49.3 Å². The smallest absolute Gasteiger partial charge is 0.182 e. The highest BCUT2D eigenvalue weighted by Crippen LogP contribution is 2.25. The van der Waals surface area contributed by atoms with E-state index in [9.17, 15) is 4.79 Å². The Morgan fingerprint density at radius 1 is 1.17 bits per heavy atom. The van der Waals surface area contributed by atoms with Gasteiger partial charge in [0.25, 0.3) is 0 Å². The Balaban J connectivity index is 1.38. The van der Waals surface area contributed by atoms with E-state index in [1.807, 2.05) is 49.0 Å². The largest absolute Gasteiger partial charge is 0.358 e. The summed E-state index contributed by atoms with van der Waals surface area (Å²) in [7, 11) is 0. The van der Waals surface area contributed by atoms with Gasteiger partial charge in [0, 0.05) is 66.6 Å². The first-order valence-corrected chi connectivity index (χ1v) is 10.9. The highest BCUT2D eigenvalue weighted by atomic mass is 16.1. The van der Waals surface area contributed by atoms with Crippen LogP contribution in [0.2, 0.25) is 0 Å². The summed E-state index contributed by atoms with van der Waals surface area (Å²) in [6.45, 7) is 15.2. The van der Waals surface area contributed by atoms with Crippen LogP contribution in [0.15, 0.2) is 36.7 Å². The second-order valence-electron chi connectivity index (χ2n) is 9.49. The predicted molar refractivity (Wildman–Crippen MR) is 121 cm³/mol. The Morgan fingerprint density at radius 2 is 1.87 bits per heavy atom. The van der Waals surface area contributed by atoms with Crippen molar-refractivity contribution >= 4 is 16.7 Å². The maximum Gasteiger partial charge on any atom is 0.182 e. The van der Waals surface area contributed by atoms with Gasteiger partial charge in [-0.2, -0.15) is 5.10 Å². The SMILES string of the molecule is Cc1[nH]c2ccccc2c1C(=O)C(C)N1CCN(Cc2cnn(C(C)(C)C)c2)CC1. The fourth-order valence-electron chi connectivity index (χ4n) is 4.34. The molecule has 160 valence electrons. The van der Waals surface area contributed by atoms with Crippen molar-refractivity contribution in [2.45, 2.75) is 52.7 Å². The van der Waals surface area contributed by atoms with E-state index in [4.69, 9.17) is 0 Å². The molecular weight excluding hydrogens is 374 g/mol. The van der Waals surface area contributed by atoms with Crippen LogP contribution in [0, 0.1) is 6.92 Å². The number of piperazine rings is 1. The van der Waals surface area contributed by atoms with Gasteiger partial charge in [-0.1, -0.05) is 18.2 Å². The van der Waals surface area contributed by atoms with Gasteiger partial charge in [0.05, 0.1) is 17.8 Å². The van der Waals surface area contributed by atoms with E-state index in [0.29, 0.717) is 0 Å². The highest BCUT2D eigenvalue weighted by molar-refractivity contribution is 6.11. The van der Waals surface area contributed by atoms with Crippen LogP contribution in [-0.4, -0.2) is 62.6 Å². The Labute approximate surface area is 178 Å². The molecule has 6 nitrogen and oxygen atoms in total. The topological polar surface area (TPSA) is 57.2 Å². The number of carbonyl (C=O) groups excluding carboxylic acids is 1. The standard InChI is InChI=1S/C24H33N5O/c1-17-22(20-8-6-7-9-21(20)26-17)23(30)18(2)28-12-10-27(11-13-28)15-19-14-25-29(16-19)24(3,4)5/h6-9,14,16,18,26H,10-13,15H2,1-5H3. The minimum Gasteiger partial charge on any atom is -0.358 e. The van der Waals surface area contributed by atoms with Gasteiger partial charge in [-0.3, -0.25) is 19.3 Å². The van der Waals surface area contributed by atoms with Crippen molar-refractivity contribution in [2.75, 3.05) is 26.2 Å². The maximum atomic E-state index is 13.3. The van der Waals surface area contributed by atoms with Crippen LogP contribution in [0.4, 0.5) is 0 Å². The molecule has 1 saturated heterocycles. The number of aromatic amines is 1. The number of nitrogens with one attached hydrogen (secondary N) is 1. The Bertz CT molecular complexity index is 1030. The fourth-order valence-corrected chi connectivity index (χ4v) is 4.34. The van der Waals surface area contributed by atoms with Crippen molar-refractivity contribution in [2.24, 2.45) is 0 Å². The van der Waals surface area contributed by atoms with Crippen LogP contribution in [0.3, 0.4) is 0 Å². The van der Waals surface area contributed by atoms with E-state index in [0.717, 1.165) is 54.9 Å². The first-order valence-electron chi connectivity index (χ1n) is 10.9. The van der Waals surface area contributed by atoms with Crippen molar-refractivity contribution in [3.05, 3.63) is 53.5 Å². The second-order valence-corrected chi connectivity index (χ2v) is 9.49. The van der Waals surface area contributed by atoms with Gasteiger partial charge in [0.15, 0.2) is 5.78 Å². The lowest BCUT2D eigenvalue weighted by Crippen LogP contribution is -2.51. The molecule has 0 spiro atoms. The molecule has 0 bridgehead atoms. The first kappa shape index (κ1) is 20.8. The number of ketones is 1. The lowest BCUT2D eigenvalue weighted by molar-refractivity contribution is 0.0688. The number of hydrogen-bond acceptors (Lipinski definition) is 4. The molecule has 0 aliphatic carbocycles. The molecule has 0 saturated carbocycles. The summed E-state index contributed by atoms with van der Waals surface area (Å²) in [6.07, 6.45) is 4.13. The number of Topliss-reactive ketones (excluding diaryl/α,β-unsaturated/α-hetero) is 1. The van der Waals surface area contributed by atoms with E-state index >= 15 is 0 Å². The molecule has 0 radical (unpaired) electrons. The zero-order valence-corrected chi connectivity index (χ0v) is 18.8. The van der Waals surface area contributed by atoms with E-state index in [-0.39, 0.29) is 17.4 Å². The van der Waals surface area contributed by atoms with Crippen molar-refractivity contribution in [3.63, 3.8) is 0 Å². The zero-order valence-electron chi connectivity index (χ0n) is 18.8. The monoisotopic (exact) mass is 407 g/mol. The molecule has 1 aliphatic rings. The molecule has 1 atom stereocenters. The molecule has 1 N–H and O–H groups in total.